The summed E-state index contributed by atoms with van der Waals surface area (Å²) in [6, 6.07) is 27.4. The summed E-state index contributed by atoms with van der Waals surface area (Å²) >= 11 is 0. The van der Waals surface area contributed by atoms with Gasteiger partial charge in [-0.15, -0.1) is 0 Å². The average Bonchev–Trinajstić information content (AvgIpc) is 3.31. The van der Waals surface area contributed by atoms with Crippen LogP contribution in [0.15, 0.2) is 91.1 Å². The Hall–Kier alpha value is -3.53. The SMILES string of the molecule is CC.CC.c1ccc(OCc2ncc(-c3ccc(Oc4ccccc4)cc3)[nH]2)cc1. The Morgan fingerprint density at radius 3 is 1.80 bits per heavy atom. The van der Waals surface area contributed by atoms with E-state index in [1.54, 1.807) is 0 Å². The first-order chi connectivity index (χ1) is 14.9. The fourth-order valence-electron chi connectivity index (χ4n) is 2.58. The van der Waals surface area contributed by atoms with Crippen LogP contribution in [0, 0.1) is 0 Å². The highest BCUT2D eigenvalue weighted by Crippen LogP contribution is 2.25. The topological polar surface area (TPSA) is 47.1 Å². The molecule has 0 atom stereocenters. The van der Waals surface area contributed by atoms with Gasteiger partial charge in [-0.3, -0.25) is 0 Å². The van der Waals surface area contributed by atoms with Crippen LogP contribution in [-0.2, 0) is 6.61 Å². The zero-order chi connectivity index (χ0) is 21.6. The van der Waals surface area contributed by atoms with E-state index >= 15 is 0 Å². The van der Waals surface area contributed by atoms with Crippen LogP contribution in [0.5, 0.6) is 17.2 Å². The van der Waals surface area contributed by atoms with Crippen LogP contribution in [0.3, 0.4) is 0 Å². The van der Waals surface area contributed by atoms with Crippen LogP contribution in [0.4, 0.5) is 0 Å². The highest BCUT2D eigenvalue weighted by Gasteiger charge is 2.05. The van der Waals surface area contributed by atoms with E-state index < -0.39 is 0 Å². The molecular weight excluding hydrogens is 372 g/mol. The summed E-state index contributed by atoms with van der Waals surface area (Å²) in [4.78, 5) is 7.68. The lowest BCUT2D eigenvalue weighted by Gasteiger charge is -2.06. The highest BCUT2D eigenvalue weighted by atomic mass is 16.5. The second kappa shape index (κ2) is 12.8. The number of aromatic amines is 1. The van der Waals surface area contributed by atoms with Crippen molar-refractivity contribution in [3.63, 3.8) is 0 Å². The van der Waals surface area contributed by atoms with Crippen molar-refractivity contribution in [3.05, 3.63) is 97.0 Å². The average molecular weight is 403 g/mol. The maximum Gasteiger partial charge on any atom is 0.146 e. The number of nitrogens with one attached hydrogen (secondary N) is 1. The Labute approximate surface area is 179 Å². The number of aromatic nitrogens is 2. The van der Waals surface area contributed by atoms with E-state index in [1.807, 2.05) is 119 Å². The molecule has 4 rings (SSSR count). The fraction of sp³-hybridized carbons (Fsp3) is 0.192. The van der Waals surface area contributed by atoms with E-state index in [0.29, 0.717) is 6.61 Å². The molecule has 0 unspecified atom stereocenters. The van der Waals surface area contributed by atoms with Crippen molar-refractivity contribution in [1.29, 1.82) is 0 Å². The van der Waals surface area contributed by atoms with E-state index in [2.05, 4.69) is 9.97 Å². The predicted molar refractivity (Wildman–Crippen MR) is 124 cm³/mol. The summed E-state index contributed by atoms with van der Waals surface area (Å²) in [6.45, 7) is 8.40. The van der Waals surface area contributed by atoms with Gasteiger partial charge in [-0.05, 0) is 54.1 Å². The van der Waals surface area contributed by atoms with Crippen LogP contribution in [-0.4, -0.2) is 9.97 Å². The molecule has 30 heavy (non-hydrogen) atoms. The zero-order valence-corrected chi connectivity index (χ0v) is 18.1. The van der Waals surface area contributed by atoms with Gasteiger partial charge in [0, 0.05) is 0 Å². The molecule has 0 fully saturated rings. The van der Waals surface area contributed by atoms with Crippen LogP contribution >= 0.6 is 0 Å². The van der Waals surface area contributed by atoms with Gasteiger partial charge >= 0.3 is 0 Å². The summed E-state index contributed by atoms with van der Waals surface area (Å²) in [7, 11) is 0. The molecule has 1 N–H and O–H groups in total. The molecule has 0 saturated carbocycles. The second-order valence-electron chi connectivity index (χ2n) is 5.78. The van der Waals surface area contributed by atoms with Crippen molar-refractivity contribution in [2.45, 2.75) is 34.3 Å². The third kappa shape index (κ3) is 6.82. The molecule has 0 aliphatic heterocycles. The first-order valence-corrected chi connectivity index (χ1v) is 10.4. The summed E-state index contributed by atoms with van der Waals surface area (Å²) < 4.78 is 11.5. The molecule has 4 aromatic rings. The number of ether oxygens (including phenoxy) is 2. The molecule has 4 heteroatoms. The number of imidazole rings is 1. The normalized spacial score (nSPS) is 9.47. The summed E-state index contributed by atoms with van der Waals surface area (Å²) in [6.07, 6.45) is 1.82. The molecule has 0 aliphatic rings. The molecule has 1 heterocycles. The van der Waals surface area contributed by atoms with E-state index in [9.17, 15) is 0 Å². The molecule has 156 valence electrons. The van der Waals surface area contributed by atoms with Gasteiger partial charge < -0.3 is 14.5 Å². The monoisotopic (exact) mass is 402 g/mol. The third-order valence-electron chi connectivity index (χ3n) is 3.89. The zero-order valence-electron chi connectivity index (χ0n) is 18.1. The van der Waals surface area contributed by atoms with Gasteiger partial charge in [0.15, 0.2) is 0 Å². The largest absolute Gasteiger partial charge is 0.486 e. The van der Waals surface area contributed by atoms with Crippen LogP contribution < -0.4 is 9.47 Å². The van der Waals surface area contributed by atoms with Gasteiger partial charge in [0.05, 0.1) is 11.9 Å². The first kappa shape index (κ1) is 22.8. The Kier molecular flexibility index (Phi) is 9.74. The van der Waals surface area contributed by atoms with Gasteiger partial charge in [0.25, 0.3) is 0 Å². The van der Waals surface area contributed by atoms with Crippen molar-refractivity contribution in [1.82, 2.24) is 9.97 Å². The summed E-state index contributed by atoms with van der Waals surface area (Å²) in [5.41, 5.74) is 1.99. The number of hydrogen-bond acceptors (Lipinski definition) is 3. The smallest absolute Gasteiger partial charge is 0.146 e. The molecular formula is C26H30N2O2. The lowest BCUT2D eigenvalue weighted by molar-refractivity contribution is 0.297. The Morgan fingerprint density at radius 1 is 0.667 bits per heavy atom. The first-order valence-electron chi connectivity index (χ1n) is 10.4. The van der Waals surface area contributed by atoms with Gasteiger partial charge in [0.2, 0.25) is 0 Å². The number of benzene rings is 3. The van der Waals surface area contributed by atoms with Crippen LogP contribution in [0.2, 0.25) is 0 Å². The maximum absolute atomic E-state index is 5.82. The third-order valence-corrected chi connectivity index (χ3v) is 3.89. The molecule has 0 saturated heterocycles. The summed E-state index contributed by atoms with van der Waals surface area (Å²) in [5.74, 6) is 3.23. The molecule has 0 bridgehead atoms. The van der Waals surface area contributed by atoms with Crippen LogP contribution in [0.25, 0.3) is 11.3 Å². The van der Waals surface area contributed by atoms with Gasteiger partial charge in [0.1, 0.15) is 29.7 Å². The van der Waals surface area contributed by atoms with E-state index in [0.717, 1.165) is 34.3 Å². The fourth-order valence-corrected chi connectivity index (χ4v) is 2.58. The standard InChI is InChI=1S/C22H18N2O2.2C2H6/c1-3-7-18(8-4-1)25-16-22-23-15-21(24-22)17-11-13-20(14-12-17)26-19-9-5-2-6-10-19;2*1-2/h1-15H,16H2,(H,23,24);2*1-2H3. The Morgan fingerprint density at radius 2 is 1.20 bits per heavy atom. The molecule has 0 radical (unpaired) electrons. The quantitative estimate of drug-likeness (QED) is 0.363. The van der Waals surface area contributed by atoms with Crippen molar-refractivity contribution in [2.75, 3.05) is 0 Å². The number of nitrogens with zero attached hydrogens (tertiary/aromatic N) is 1. The minimum Gasteiger partial charge on any atom is -0.486 e. The molecule has 0 aliphatic carbocycles. The lowest BCUT2D eigenvalue weighted by atomic mass is 10.1. The number of H-pyrrole nitrogens is 1. The molecule has 0 amide bonds. The second-order valence-corrected chi connectivity index (χ2v) is 5.78. The Balaban J connectivity index is 0.000000757. The van der Waals surface area contributed by atoms with E-state index in [1.165, 1.54) is 0 Å². The van der Waals surface area contributed by atoms with Crippen molar-refractivity contribution < 1.29 is 9.47 Å². The highest BCUT2D eigenvalue weighted by molar-refractivity contribution is 5.59. The van der Waals surface area contributed by atoms with Crippen molar-refractivity contribution in [3.8, 4) is 28.5 Å². The molecule has 1 aromatic heterocycles. The van der Waals surface area contributed by atoms with Crippen molar-refractivity contribution >= 4 is 0 Å². The molecule has 0 spiro atoms. The van der Waals surface area contributed by atoms with Gasteiger partial charge in [-0.1, -0.05) is 64.1 Å². The summed E-state index contributed by atoms with van der Waals surface area (Å²) in [5, 5.41) is 0. The minimum absolute atomic E-state index is 0.402. The Bertz CT molecular complexity index is 949. The number of hydrogen-bond donors (Lipinski definition) is 1. The van der Waals surface area contributed by atoms with E-state index in [-0.39, 0.29) is 0 Å². The maximum atomic E-state index is 5.82. The number of para-hydroxylation sites is 2. The predicted octanol–water partition coefficient (Wildman–Crippen LogP) is 7.50. The molecule has 4 nitrogen and oxygen atoms in total. The minimum atomic E-state index is 0.402. The van der Waals surface area contributed by atoms with Crippen LogP contribution in [0.1, 0.15) is 33.5 Å². The number of rotatable bonds is 6. The lowest BCUT2D eigenvalue weighted by Crippen LogP contribution is -1.97. The van der Waals surface area contributed by atoms with Gasteiger partial charge in [-0.2, -0.15) is 0 Å². The van der Waals surface area contributed by atoms with Gasteiger partial charge in [-0.25, -0.2) is 4.98 Å². The van der Waals surface area contributed by atoms with Crippen molar-refractivity contribution in [2.24, 2.45) is 0 Å². The molecule has 3 aromatic carbocycles. The van der Waals surface area contributed by atoms with E-state index in [4.69, 9.17) is 9.47 Å².